The van der Waals surface area contributed by atoms with Gasteiger partial charge in [-0.1, -0.05) is 6.08 Å². The van der Waals surface area contributed by atoms with Crippen LogP contribution in [0.4, 0.5) is 0 Å². The largest absolute Gasteiger partial charge is 0.353 e. The molecule has 0 radical (unpaired) electrons. The molecule has 0 spiro atoms. The third-order valence-corrected chi connectivity index (χ3v) is 3.14. The minimum Gasteiger partial charge on any atom is -0.353 e. The number of amides is 1. The van der Waals surface area contributed by atoms with Crippen molar-refractivity contribution in [3.05, 3.63) is 12.7 Å². The van der Waals surface area contributed by atoms with Gasteiger partial charge in [0.15, 0.2) is 0 Å². The Hall–Kier alpha value is -0.540. The minimum absolute atomic E-state index is 0. The van der Waals surface area contributed by atoms with E-state index in [9.17, 15) is 4.79 Å². The van der Waals surface area contributed by atoms with Gasteiger partial charge >= 0.3 is 0 Å². The quantitative estimate of drug-likeness (QED) is 0.568. The molecule has 1 unspecified atom stereocenters. The van der Waals surface area contributed by atoms with Crippen LogP contribution in [0, 0.1) is 5.92 Å². The molecule has 0 aromatic carbocycles. The average Bonchev–Trinajstić information content (AvgIpc) is 2.30. The van der Waals surface area contributed by atoms with E-state index in [1.165, 1.54) is 0 Å². The van der Waals surface area contributed by atoms with Crippen molar-refractivity contribution < 1.29 is 4.79 Å². The lowest BCUT2D eigenvalue weighted by atomic mass is 9.96. The smallest absolute Gasteiger partial charge is 0.223 e. The Morgan fingerprint density at radius 2 is 2.18 bits per heavy atom. The van der Waals surface area contributed by atoms with Gasteiger partial charge in [0, 0.05) is 12.0 Å². The molecule has 1 aliphatic rings. The summed E-state index contributed by atoms with van der Waals surface area (Å²) < 4.78 is 0. The van der Waals surface area contributed by atoms with Crippen LogP contribution in [0.2, 0.25) is 0 Å². The number of piperidine rings is 1. The van der Waals surface area contributed by atoms with Crippen LogP contribution in [0.3, 0.4) is 0 Å². The summed E-state index contributed by atoms with van der Waals surface area (Å²) in [4.78, 5) is 11.9. The van der Waals surface area contributed by atoms with E-state index in [4.69, 9.17) is 0 Å². The number of hydrogen-bond donors (Lipinski definition) is 2. The highest BCUT2D eigenvalue weighted by Crippen LogP contribution is 2.12. The molecule has 17 heavy (non-hydrogen) atoms. The molecule has 0 bridgehead atoms. The highest BCUT2D eigenvalue weighted by atomic mass is 35.5. The van der Waals surface area contributed by atoms with Gasteiger partial charge in [0.25, 0.3) is 0 Å². The van der Waals surface area contributed by atoms with Crippen molar-refractivity contribution in [3.63, 3.8) is 0 Å². The first-order valence-corrected chi connectivity index (χ1v) is 6.36. The van der Waals surface area contributed by atoms with Gasteiger partial charge in [-0.15, -0.1) is 19.0 Å². The standard InChI is InChI=1S/C13H24N2O.ClH/c1-3-4-5-6-11(2)15-13(16)12-7-9-14-10-8-12;/h3,11-12,14H,1,4-10H2,2H3,(H,15,16);1H. The molecule has 0 aromatic rings. The van der Waals surface area contributed by atoms with Crippen molar-refractivity contribution in [1.29, 1.82) is 0 Å². The number of carbonyl (C=O) groups is 1. The first kappa shape index (κ1) is 16.5. The predicted molar refractivity (Wildman–Crippen MR) is 74.5 cm³/mol. The first-order valence-electron chi connectivity index (χ1n) is 6.36. The summed E-state index contributed by atoms with van der Waals surface area (Å²) in [5, 5.41) is 6.38. The molecule has 1 fully saturated rings. The second kappa shape index (κ2) is 9.49. The van der Waals surface area contributed by atoms with Crippen molar-refractivity contribution >= 4 is 18.3 Å². The fourth-order valence-electron chi connectivity index (χ4n) is 2.09. The Balaban J connectivity index is 0.00000256. The van der Waals surface area contributed by atoms with Gasteiger partial charge in [-0.05, 0) is 52.1 Å². The molecule has 3 nitrogen and oxygen atoms in total. The van der Waals surface area contributed by atoms with Gasteiger partial charge < -0.3 is 10.6 Å². The van der Waals surface area contributed by atoms with E-state index in [2.05, 4.69) is 24.1 Å². The van der Waals surface area contributed by atoms with Gasteiger partial charge in [-0.2, -0.15) is 0 Å². The van der Waals surface area contributed by atoms with E-state index in [0.29, 0.717) is 6.04 Å². The Labute approximate surface area is 111 Å². The molecule has 4 heteroatoms. The maximum atomic E-state index is 11.9. The zero-order valence-electron chi connectivity index (χ0n) is 10.7. The monoisotopic (exact) mass is 260 g/mol. The highest BCUT2D eigenvalue weighted by molar-refractivity contribution is 5.85. The maximum Gasteiger partial charge on any atom is 0.223 e. The second-order valence-electron chi connectivity index (χ2n) is 4.65. The van der Waals surface area contributed by atoms with Gasteiger partial charge in [-0.3, -0.25) is 4.79 Å². The fraction of sp³-hybridized carbons (Fsp3) is 0.769. The summed E-state index contributed by atoms with van der Waals surface area (Å²) in [7, 11) is 0. The molecular formula is C13H25ClN2O. The zero-order valence-corrected chi connectivity index (χ0v) is 11.5. The number of carbonyl (C=O) groups excluding carboxylic acids is 1. The predicted octanol–water partition coefficient (Wildman–Crippen LogP) is 2.27. The van der Waals surface area contributed by atoms with Crippen LogP contribution in [0.25, 0.3) is 0 Å². The van der Waals surface area contributed by atoms with Crippen molar-refractivity contribution in [2.75, 3.05) is 13.1 Å². The van der Waals surface area contributed by atoms with E-state index in [1.54, 1.807) is 0 Å². The molecular weight excluding hydrogens is 236 g/mol. The van der Waals surface area contributed by atoms with E-state index in [1.807, 2.05) is 6.08 Å². The number of unbranched alkanes of at least 4 members (excludes halogenated alkanes) is 1. The second-order valence-corrected chi connectivity index (χ2v) is 4.65. The van der Waals surface area contributed by atoms with Gasteiger partial charge in [0.1, 0.15) is 0 Å². The summed E-state index contributed by atoms with van der Waals surface area (Å²) >= 11 is 0. The molecule has 0 aromatic heterocycles. The van der Waals surface area contributed by atoms with E-state index in [-0.39, 0.29) is 24.2 Å². The lowest BCUT2D eigenvalue weighted by molar-refractivity contribution is -0.126. The molecule has 1 heterocycles. The third kappa shape index (κ3) is 6.69. The Bertz CT molecular complexity index is 227. The average molecular weight is 261 g/mol. The topological polar surface area (TPSA) is 41.1 Å². The molecule has 100 valence electrons. The van der Waals surface area contributed by atoms with Crippen LogP contribution in [0.1, 0.15) is 39.0 Å². The zero-order chi connectivity index (χ0) is 11.8. The summed E-state index contributed by atoms with van der Waals surface area (Å²) in [5.41, 5.74) is 0. The van der Waals surface area contributed by atoms with Crippen LogP contribution in [0.15, 0.2) is 12.7 Å². The van der Waals surface area contributed by atoms with E-state index in [0.717, 1.165) is 45.2 Å². The number of allylic oxidation sites excluding steroid dienone is 1. The Morgan fingerprint density at radius 3 is 2.76 bits per heavy atom. The fourth-order valence-corrected chi connectivity index (χ4v) is 2.09. The number of hydrogen-bond acceptors (Lipinski definition) is 2. The molecule has 1 rings (SSSR count). The molecule has 1 aliphatic heterocycles. The lowest BCUT2D eigenvalue weighted by Gasteiger charge is -2.23. The molecule has 1 amide bonds. The Morgan fingerprint density at radius 1 is 1.53 bits per heavy atom. The van der Waals surface area contributed by atoms with Gasteiger partial charge in [-0.25, -0.2) is 0 Å². The van der Waals surface area contributed by atoms with Crippen molar-refractivity contribution in [1.82, 2.24) is 10.6 Å². The number of nitrogens with one attached hydrogen (secondary N) is 2. The normalized spacial score (nSPS) is 17.9. The first-order chi connectivity index (χ1) is 7.74. The number of rotatable bonds is 6. The van der Waals surface area contributed by atoms with Crippen LogP contribution in [0.5, 0.6) is 0 Å². The van der Waals surface area contributed by atoms with Crippen molar-refractivity contribution in [2.24, 2.45) is 5.92 Å². The summed E-state index contributed by atoms with van der Waals surface area (Å²) in [6.07, 6.45) is 7.07. The van der Waals surface area contributed by atoms with Crippen LogP contribution < -0.4 is 10.6 Å². The van der Waals surface area contributed by atoms with Crippen molar-refractivity contribution in [2.45, 2.75) is 45.1 Å². The van der Waals surface area contributed by atoms with Gasteiger partial charge in [0.05, 0.1) is 0 Å². The van der Waals surface area contributed by atoms with Crippen LogP contribution in [-0.2, 0) is 4.79 Å². The molecule has 0 aliphatic carbocycles. The highest BCUT2D eigenvalue weighted by Gasteiger charge is 2.21. The Kier molecular flexibility index (Phi) is 9.18. The van der Waals surface area contributed by atoms with E-state index >= 15 is 0 Å². The molecule has 1 atom stereocenters. The lowest BCUT2D eigenvalue weighted by Crippen LogP contribution is -2.41. The summed E-state index contributed by atoms with van der Waals surface area (Å²) in [6.45, 7) is 7.73. The van der Waals surface area contributed by atoms with E-state index < -0.39 is 0 Å². The minimum atomic E-state index is 0. The molecule has 2 N–H and O–H groups in total. The third-order valence-electron chi connectivity index (χ3n) is 3.14. The molecule has 0 saturated carbocycles. The number of halogens is 1. The van der Waals surface area contributed by atoms with Gasteiger partial charge in [0.2, 0.25) is 5.91 Å². The molecule has 1 saturated heterocycles. The SMILES string of the molecule is C=CCCCC(C)NC(=O)C1CCNCC1.Cl. The van der Waals surface area contributed by atoms with Crippen molar-refractivity contribution in [3.8, 4) is 0 Å². The summed E-state index contributed by atoms with van der Waals surface area (Å²) in [5.74, 6) is 0.468. The van der Waals surface area contributed by atoms with Crippen LogP contribution in [-0.4, -0.2) is 25.0 Å². The maximum absolute atomic E-state index is 11.9. The van der Waals surface area contributed by atoms with Crippen LogP contribution >= 0.6 is 12.4 Å². The summed E-state index contributed by atoms with van der Waals surface area (Å²) in [6, 6.07) is 0.294.